The molecule has 1 unspecified atom stereocenters. The zero-order valence-electron chi connectivity index (χ0n) is 9.94. The molecule has 0 N–H and O–H groups in total. The standard InChI is InChI=1S/C14H8ClF5/c15-9(6-8-10(16)2-1-3-11(8)17)7-4-5-12(18)14(20)13(7)19/h1-5,9H,6H2. The highest BCUT2D eigenvalue weighted by Crippen LogP contribution is 2.30. The van der Waals surface area contributed by atoms with Crippen LogP contribution in [0.15, 0.2) is 30.3 Å². The molecule has 0 amide bonds. The summed E-state index contributed by atoms with van der Waals surface area (Å²) in [5.41, 5.74) is -0.690. The lowest BCUT2D eigenvalue weighted by Crippen LogP contribution is -2.05. The molecule has 0 heterocycles. The van der Waals surface area contributed by atoms with E-state index >= 15 is 0 Å². The van der Waals surface area contributed by atoms with E-state index in [4.69, 9.17) is 11.6 Å². The van der Waals surface area contributed by atoms with Crippen LogP contribution in [-0.2, 0) is 6.42 Å². The normalized spacial score (nSPS) is 12.5. The molecule has 1 atom stereocenters. The first-order valence-corrected chi connectivity index (χ1v) is 6.05. The molecular weight excluding hydrogens is 299 g/mol. The molecule has 6 heteroatoms. The van der Waals surface area contributed by atoms with Crippen molar-refractivity contribution in [1.82, 2.24) is 0 Å². The van der Waals surface area contributed by atoms with Gasteiger partial charge in [-0.1, -0.05) is 12.1 Å². The summed E-state index contributed by atoms with van der Waals surface area (Å²) in [4.78, 5) is 0. The third kappa shape index (κ3) is 2.77. The van der Waals surface area contributed by atoms with E-state index in [9.17, 15) is 22.0 Å². The maximum atomic E-state index is 13.5. The average Bonchev–Trinajstić information content (AvgIpc) is 2.40. The fourth-order valence-electron chi connectivity index (χ4n) is 1.80. The van der Waals surface area contributed by atoms with Crippen molar-refractivity contribution in [3.63, 3.8) is 0 Å². The quantitative estimate of drug-likeness (QED) is 0.429. The van der Waals surface area contributed by atoms with Gasteiger partial charge in [0.05, 0.1) is 5.38 Å². The summed E-state index contributed by atoms with van der Waals surface area (Å²) in [5, 5.41) is -1.23. The number of benzene rings is 2. The summed E-state index contributed by atoms with van der Waals surface area (Å²) in [7, 11) is 0. The lowest BCUT2D eigenvalue weighted by molar-refractivity contribution is 0.439. The van der Waals surface area contributed by atoms with Crippen LogP contribution >= 0.6 is 11.6 Å². The summed E-state index contributed by atoms with van der Waals surface area (Å²) in [6.45, 7) is 0. The third-order valence-corrected chi connectivity index (χ3v) is 3.24. The second-order valence-corrected chi connectivity index (χ2v) is 4.66. The molecule has 0 aromatic heterocycles. The minimum Gasteiger partial charge on any atom is -0.207 e. The highest BCUT2D eigenvalue weighted by atomic mass is 35.5. The van der Waals surface area contributed by atoms with Gasteiger partial charge in [-0.3, -0.25) is 0 Å². The van der Waals surface area contributed by atoms with E-state index in [0.717, 1.165) is 18.2 Å². The van der Waals surface area contributed by atoms with Crippen LogP contribution in [-0.4, -0.2) is 0 Å². The van der Waals surface area contributed by atoms with Crippen molar-refractivity contribution >= 4 is 11.6 Å². The van der Waals surface area contributed by atoms with Crippen molar-refractivity contribution in [2.24, 2.45) is 0 Å². The molecule has 0 nitrogen and oxygen atoms in total. The Morgan fingerprint density at radius 1 is 0.800 bits per heavy atom. The summed E-state index contributed by atoms with van der Waals surface area (Å²) in [5.74, 6) is -6.15. The van der Waals surface area contributed by atoms with Crippen LogP contribution in [0.4, 0.5) is 22.0 Å². The molecule has 2 aromatic carbocycles. The van der Waals surface area contributed by atoms with Crippen LogP contribution in [0.1, 0.15) is 16.5 Å². The minimum atomic E-state index is -1.66. The van der Waals surface area contributed by atoms with E-state index < -0.39 is 34.5 Å². The first-order chi connectivity index (χ1) is 9.41. The fourth-order valence-corrected chi connectivity index (χ4v) is 2.12. The second-order valence-electron chi connectivity index (χ2n) is 4.14. The molecule has 106 valence electrons. The molecule has 0 saturated carbocycles. The smallest absolute Gasteiger partial charge is 0.194 e. The van der Waals surface area contributed by atoms with E-state index in [1.54, 1.807) is 0 Å². The molecule has 0 saturated heterocycles. The van der Waals surface area contributed by atoms with E-state index in [2.05, 4.69) is 0 Å². The molecule has 0 radical (unpaired) electrons. The van der Waals surface area contributed by atoms with Crippen LogP contribution in [0.3, 0.4) is 0 Å². The Balaban J connectivity index is 2.34. The van der Waals surface area contributed by atoms with Crippen LogP contribution in [0, 0.1) is 29.1 Å². The number of rotatable bonds is 3. The molecule has 0 aliphatic heterocycles. The van der Waals surface area contributed by atoms with Crippen molar-refractivity contribution in [1.29, 1.82) is 0 Å². The van der Waals surface area contributed by atoms with Crippen molar-refractivity contribution in [3.8, 4) is 0 Å². The van der Waals surface area contributed by atoms with Gasteiger partial charge in [0.25, 0.3) is 0 Å². The number of alkyl halides is 1. The number of halogens is 6. The predicted molar refractivity (Wildman–Crippen MR) is 65.0 cm³/mol. The predicted octanol–water partition coefficient (Wildman–Crippen LogP) is 4.90. The zero-order chi connectivity index (χ0) is 14.9. The summed E-state index contributed by atoms with van der Waals surface area (Å²) in [6.07, 6.45) is -0.387. The van der Waals surface area contributed by atoms with Crippen molar-refractivity contribution < 1.29 is 22.0 Å². The Morgan fingerprint density at radius 3 is 2.00 bits per heavy atom. The summed E-state index contributed by atoms with van der Waals surface area (Å²) in [6, 6.07) is 4.90. The van der Waals surface area contributed by atoms with Gasteiger partial charge in [0.15, 0.2) is 17.5 Å². The van der Waals surface area contributed by atoms with Crippen molar-refractivity contribution in [3.05, 3.63) is 70.5 Å². The van der Waals surface area contributed by atoms with Gasteiger partial charge in [0, 0.05) is 11.1 Å². The van der Waals surface area contributed by atoms with Gasteiger partial charge >= 0.3 is 0 Å². The van der Waals surface area contributed by atoms with Gasteiger partial charge in [0.1, 0.15) is 11.6 Å². The average molecular weight is 307 g/mol. The molecule has 20 heavy (non-hydrogen) atoms. The first kappa shape index (κ1) is 14.8. The van der Waals surface area contributed by atoms with Gasteiger partial charge < -0.3 is 0 Å². The van der Waals surface area contributed by atoms with Gasteiger partial charge in [-0.05, 0) is 24.6 Å². The van der Waals surface area contributed by atoms with Crippen LogP contribution in [0.2, 0.25) is 0 Å². The highest BCUT2D eigenvalue weighted by Gasteiger charge is 2.21. The second kappa shape index (κ2) is 5.79. The van der Waals surface area contributed by atoms with Gasteiger partial charge in [-0.25, -0.2) is 22.0 Å². The number of hydrogen-bond acceptors (Lipinski definition) is 0. The highest BCUT2D eigenvalue weighted by molar-refractivity contribution is 6.20. The number of hydrogen-bond donors (Lipinski definition) is 0. The summed E-state index contributed by atoms with van der Waals surface area (Å²) < 4.78 is 66.3. The van der Waals surface area contributed by atoms with E-state index in [-0.39, 0.29) is 17.5 Å². The molecule has 0 aliphatic carbocycles. The molecule has 2 rings (SSSR count). The minimum absolute atomic E-state index is 0.336. The lowest BCUT2D eigenvalue weighted by atomic mass is 10.0. The molecule has 0 aliphatic rings. The van der Waals surface area contributed by atoms with E-state index in [0.29, 0.717) is 6.07 Å². The van der Waals surface area contributed by atoms with E-state index in [1.165, 1.54) is 6.07 Å². The third-order valence-electron chi connectivity index (χ3n) is 2.85. The maximum Gasteiger partial charge on any atom is 0.194 e. The maximum absolute atomic E-state index is 13.5. The van der Waals surface area contributed by atoms with Crippen LogP contribution in [0.25, 0.3) is 0 Å². The zero-order valence-corrected chi connectivity index (χ0v) is 10.7. The van der Waals surface area contributed by atoms with E-state index in [1.807, 2.05) is 0 Å². The SMILES string of the molecule is Fc1ccc(C(Cl)Cc2c(F)cccc2F)c(F)c1F. The molecule has 0 fully saturated rings. The van der Waals surface area contributed by atoms with Crippen molar-refractivity contribution in [2.45, 2.75) is 11.8 Å². The Morgan fingerprint density at radius 2 is 1.40 bits per heavy atom. The van der Waals surface area contributed by atoms with Gasteiger partial charge in [0.2, 0.25) is 0 Å². The van der Waals surface area contributed by atoms with Crippen LogP contribution < -0.4 is 0 Å². The Bertz CT molecular complexity index is 621. The Kier molecular flexibility index (Phi) is 4.28. The Hall–Kier alpha value is -1.62. The molecule has 0 bridgehead atoms. The topological polar surface area (TPSA) is 0 Å². The van der Waals surface area contributed by atoms with Crippen molar-refractivity contribution in [2.75, 3.05) is 0 Å². The largest absolute Gasteiger partial charge is 0.207 e. The first-order valence-electron chi connectivity index (χ1n) is 5.62. The molecule has 0 spiro atoms. The van der Waals surface area contributed by atoms with Gasteiger partial charge in [-0.2, -0.15) is 0 Å². The molecule has 2 aromatic rings. The van der Waals surface area contributed by atoms with Crippen LogP contribution in [0.5, 0.6) is 0 Å². The summed E-state index contributed by atoms with van der Waals surface area (Å²) >= 11 is 5.85. The Labute approximate surface area is 116 Å². The molecular formula is C14H8ClF5. The fraction of sp³-hybridized carbons (Fsp3) is 0.143. The monoisotopic (exact) mass is 306 g/mol. The lowest BCUT2D eigenvalue weighted by Gasteiger charge is -2.13. The van der Waals surface area contributed by atoms with Gasteiger partial charge in [-0.15, -0.1) is 11.6 Å².